The second-order valence-corrected chi connectivity index (χ2v) is 6.66. The minimum atomic E-state index is -0.335. The first kappa shape index (κ1) is 16.8. The standard InChI is InChI=1S/C19H21N3O4/c1-24-17-16(5-3-8-21-17)18(23)22-9-6-19(13-22)10-15(12-25-19)26-14-4-2-7-20-11-14/h2-5,7-8,11,15H,6,9-10,12-13H2,1H3/t15-,19+/m1/s1. The number of ether oxygens (including phenoxy) is 3. The van der Waals surface area contributed by atoms with Crippen LogP contribution in [0, 0.1) is 0 Å². The van der Waals surface area contributed by atoms with Crippen LogP contribution >= 0.6 is 0 Å². The molecule has 0 unspecified atom stereocenters. The van der Waals surface area contributed by atoms with Crippen molar-refractivity contribution in [3.05, 3.63) is 48.4 Å². The van der Waals surface area contributed by atoms with Crippen LogP contribution in [0.1, 0.15) is 23.2 Å². The fourth-order valence-electron chi connectivity index (χ4n) is 3.68. The molecule has 7 heteroatoms. The SMILES string of the molecule is COc1ncccc1C(=O)N1CC[C@]2(C[C@@H](Oc3cccnc3)CO2)C1. The number of pyridine rings is 2. The summed E-state index contributed by atoms with van der Waals surface area (Å²) >= 11 is 0. The molecule has 0 radical (unpaired) electrons. The predicted octanol–water partition coefficient (Wildman–Crippen LogP) is 1.94. The minimum absolute atomic E-state index is 0.0258. The molecule has 0 N–H and O–H groups in total. The Kier molecular flexibility index (Phi) is 4.46. The summed E-state index contributed by atoms with van der Waals surface area (Å²) in [5.74, 6) is 1.01. The molecule has 2 aromatic rings. The Balaban J connectivity index is 1.41. The lowest BCUT2D eigenvalue weighted by Crippen LogP contribution is -2.36. The second kappa shape index (κ2) is 6.92. The summed E-state index contributed by atoms with van der Waals surface area (Å²) in [6.07, 6.45) is 6.56. The Morgan fingerprint density at radius 1 is 1.35 bits per heavy atom. The average molecular weight is 355 g/mol. The molecule has 0 saturated carbocycles. The molecule has 4 heterocycles. The van der Waals surface area contributed by atoms with Crippen molar-refractivity contribution >= 4 is 5.91 Å². The maximum Gasteiger partial charge on any atom is 0.259 e. The van der Waals surface area contributed by atoms with Gasteiger partial charge in [0.25, 0.3) is 5.91 Å². The van der Waals surface area contributed by atoms with E-state index in [0.717, 1.165) is 18.6 Å². The van der Waals surface area contributed by atoms with Gasteiger partial charge in [0.1, 0.15) is 17.4 Å². The van der Waals surface area contributed by atoms with Crippen molar-refractivity contribution in [3.63, 3.8) is 0 Å². The quantitative estimate of drug-likeness (QED) is 0.834. The van der Waals surface area contributed by atoms with Gasteiger partial charge in [-0.15, -0.1) is 0 Å². The molecular formula is C19H21N3O4. The molecule has 7 nitrogen and oxygen atoms in total. The molecule has 2 aliphatic rings. The smallest absolute Gasteiger partial charge is 0.259 e. The first-order valence-electron chi connectivity index (χ1n) is 8.68. The van der Waals surface area contributed by atoms with Gasteiger partial charge in [0, 0.05) is 25.4 Å². The minimum Gasteiger partial charge on any atom is -0.486 e. The second-order valence-electron chi connectivity index (χ2n) is 6.66. The van der Waals surface area contributed by atoms with Gasteiger partial charge in [-0.2, -0.15) is 0 Å². The van der Waals surface area contributed by atoms with E-state index in [4.69, 9.17) is 14.2 Å². The van der Waals surface area contributed by atoms with E-state index in [0.29, 0.717) is 31.1 Å². The first-order chi connectivity index (χ1) is 12.7. The Morgan fingerprint density at radius 3 is 3.04 bits per heavy atom. The monoisotopic (exact) mass is 355 g/mol. The van der Waals surface area contributed by atoms with Crippen LogP contribution in [0.2, 0.25) is 0 Å². The topological polar surface area (TPSA) is 73.8 Å². The van der Waals surface area contributed by atoms with Crippen molar-refractivity contribution in [2.75, 3.05) is 26.8 Å². The normalized spacial score (nSPS) is 24.8. The molecule has 0 aliphatic carbocycles. The zero-order valence-electron chi connectivity index (χ0n) is 14.6. The van der Waals surface area contributed by atoms with Crippen LogP contribution in [-0.4, -0.2) is 59.3 Å². The highest BCUT2D eigenvalue weighted by Crippen LogP contribution is 2.37. The number of methoxy groups -OCH3 is 1. The lowest BCUT2D eigenvalue weighted by atomic mass is 9.98. The third kappa shape index (κ3) is 3.22. The number of nitrogens with zero attached hydrogens (tertiary/aromatic N) is 3. The number of hydrogen-bond donors (Lipinski definition) is 0. The molecule has 26 heavy (non-hydrogen) atoms. The van der Waals surface area contributed by atoms with E-state index in [1.807, 2.05) is 17.0 Å². The van der Waals surface area contributed by atoms with E-state index in [1.165, 1.54) is 7.11 Å². The number of hydrogen-bond acceptors (Lipinski definition) is 6. The third-order valence-corrected chi connectivity index (χ3v) is 4.91. The van der Waals surface area contributed by atoms with Gasteiger partial charge in [0.05, 0.1) is 32.1 Å². The van der Waals surface area contributed by atoms with Crippen LogP contribution in [0.25, 0.3) is 0 Å². The lowest BCUT2D eigenvalue weighted by molar-refractivity contribution is 0.00991. The number of aromatic nitrogens is 2. The van der Waals surface area contributed by atoms with Crippen molar-refractivity contribution in [1.82, 2.24) is 14.9 Å². The molecule has 2 aliphatic heterocycles. The van der Waals surface area contributed by atoms with Gasteiger partial charge < -0.3 is 19.1 Å². The summed E-state index contributed by atoms with van der Waals surface area (Å²) in [5.41, 5.74) is 0.144. The van der Waals surface area contributed by atoms with Crippen LogP contribution in [0.15, 0.2) is 42.9 Å². The summed E-state index contributed by atoms with van der Waals surface area (Å²) in [7, 11) is 1.52. The predicted molar refractivity (Wildman–Crippen MR) is 93.3 cm³/mol. The highest BCUT2D eigenvalue weighted by molar-refractivity contribution is 5.96. The third-order valence-electron chi connectivity index (χ3n) is 4.91. The van der Waals surface area contributed by atoms with Crippen molar-refractivity contribution < 1.29 is 19.0 Å². The maximum atomic E-state index is 12.9. The molecule has 2 aromatic heterocycles. The van der Waals surface area contributed by atoms with E-state index in [2.05, 4.69) is 9.97 Å². The average Bonchev–Trinajstić information content (AvgIpc) is 3.28. The summed E-state index contributed by atoms with van der Waals surface area (Å²) in [4.78, 5) is 22.8. The Labute approximate surface area is 151 Å². The number of likely N-dealkylation sites (tertiary alicyclic amines) is 1. The molecule has 136 valence electrons. The number of amides is 1. The molecule has 1 spiro atoms. The van der Waals surface area contributed by atoms with E-state index in [1.54, 1.807) is 30.7 Å². The largest absolute Gasteiger partial charge is 0.486 e. The van der Waals surface area contributed by atoms with Crippen LogP contribution in [0.4, 0.5) is 0 Å². The van der Waals surface area contributed by atoms with Crippen molar-refractivity contribution in [1.29, 1.82) is 0 Å². The van der Waals surface area contributed by atoms with Crippen LogP contribution in [-0.2, 0) is 4.74 Å². The van der Waals surface area contributed by atoms with Gasteiger partial charge in [-0.3, -0.25) is 9.78 Å². The molecule has 2 atom stereocenters. The van der Waals surface area contributed by atoms with Crippen LogP contribution in [0.5, 0.6) is 11.6 Å². The van der Waals surface area contributed by atoms with E-state index in [9.17, 15) is 4.79 Å². The fourth-order valence-corrected chi connectivity index (χ4v) is 3.68. The number of carbonyl (C=O) groups is 1. The van der Waals surface area contributed by atoms with Crippen molar-refractivity contribution in [3.8, 4) is 11.6 Å². The maximum absolute atomic E-state index is 12.9. The molecule has 1 amide bonds. The Bertz CT molecular complexity index is 785. The van der Waals surface area contributed by atoms with Crippen LogP contribution in [0.3, 0.4) is 0 Å². The van der Waals surface area contributed by atoms with E-state index >= 15 is 0 Å². The van der Waals surface area contributed by atoms with Crippen molar-refractivity contribution in [2.45, 2.75) is 24.5 Å². The Morgan fingerprint density at radius 2 is 2.23 bits per heavy atom. The summed E-state index contributed by atoms with van der Waals surface area (Å²) < 4.78 is 17.2. The molecular weight excluding hydrogens is 334 g/mol. The zero-order chi connectivity index (χ0) is 18.0. The number of carbonyl (C=O) groups excluding carboxylic acids is 1. The highest BCUT2D eigenvalue weighted by Gasteiger charge is 2.48. The molecule has 0 bridgehead atoms. The van der Waals surface area contributed by atoms with Crippen molar-refractivity contribution in [2.24, 2.45) is 0 Å². The van der Waals surface area contributed by atoms with Gasteiger partial charge >= 0.3 is 0 Å². The molecule has 2 fully saturated rings. The van der Waals surface area contributed by atoms with Gasteiger partial charge in [0.2, 0.25) is 5.88 Å². The zero-order valence-corrected chi connectivity index (χ0v) is 14.6. The highest BCUT2D eigenvalue weighted by atomic mass is 16.6. The van der Waals surface area contributed by atoms with Gasteiger partial charge in [-0.05, 0) is 30.7 Å². The van der Waals surface area contributed by atoms with Crippen LogP contribution < -0.4 is 9.47 Å². The van der Waals surface area contributed by atoms with Gasteiger partial charge in [-0.1, -0.05) is 0 Å². The fraction of sp³-hybridized carbons (Fsp3) is 0.421. The molecule has 0 aromatic carbocycles. The Hall–Kier alpha value is -2.67. The lowest BCUT2D eigenvalue weighted by Gasteiger charge is -2.23. The van der Waals surface area contributed by atoms with Gasteiger partial charge in [0.15, 0.2) is 0 Å². The van der Waals surface area contributed by atoms with E-state index in [-0.39, 0.29) is 17.6 Å². The van der Waals surface area contributed by atoms with Gasteiger partial charge in [-0.25, -0.2) is 4.98 Å². The summed E-state index contributed by atoms with van der Waals surface area (Å²) in [6.45, 7) is 1.72. The first-order valence-corrected chi connectivity index (χ1v) is 8.68. The molecule has 2 saturated heterocycles. The summed E-state index contributed by atoms with van der Waals surface area (Å²) in [5, 5.41) is 0. The summed E-state index contributed by atoms with van der Waals surface area (Å²) in [6, 6.07) is 7.21. The van der Waals surface area contributed by atoms with E-state index < -0.39 is 0 Å². The molecule has 4 rings (SSSR count). The number of rotatable bonds is 4.